The Morgan fingerprint density at radius 3 is 2.11 bits per heavy atom. The standard InChI is InChI=1S/C13H28O4S/c1-3-5-7-8-10-13(9-6-4-2)11-12-17-18(14,15)16/h13H,3-12H2,1-2H3,(H,14,15,16)/p-1. The summed E-state index contributed by atoms with van der Waals surface area (Å²) in [5, 5.41) is 0. The average molecular weight is 279 g/mol. The van der Waals surface area contributed by atoms with E-state index in [0.717, 1.165) is 25.7 Å². The smallest absolute Gasteiger partial charge is 0.217 e. The van der Waals surface area contributed by atoms with Crippen molar-refractivity contribution < 1.29 is 17.2 Å². The summed E-state index contributed by atoms with van der Waals surface area (Å²) in [5.74, 6) is 0.489. The minimum atomic E-state index is -4.52. The summed E-state index contributed by atoms with van der Waals surface area (Å²) in [4.78, 5) is 0. The van der Waals surface area contributed by atoms with Crippen LogP contribution in [0.25, 0.3) is 0 Å². The average Bonchev–Trinajstić information content (AvgIpc) is 2.29. The van der Waals surface area contributed by atoms with Gasteiger partial charge in [-0.25, -0.2) is 8.42 Å². The van der Waals surface area contributed by atoms with Gasteiger partial charge in [0.15, 0.2) is 0 Å². The molecule has 0 spiro atoms. The Morgan fingerprint density at radius 2 is 1.56 bits per heavy atom. The Hall–Kier alpha value is -0.130. The molecule has 0 amide bonds. The molecule has 0 N–H and O–H groups in total. The minimum Gasteiger partial charge on any atom is -0.726 e. The highest BCUT2D eigenvalue weighted by Gasteiger charge is 2.09. The van der Waals surface area contributed by atoms with Crippen molar-refractivity contribution in [3.05, 3.63) is 0 Å². The lowest BCUT2D eigenvalue weighted by atomic mass is 9.93. The fourth-order valence-electron chi connectivity index (χ4n) is 2.10. The zero-order valence-corrected chi connectivity index (χ0v) is 12.5. The Labute approximate surface area is 112 Å². The van der Waals surface area contributed by atoms with E-state index < -0.39 is 10.4 Å². The molecule has 0 bridgehead atoms. The molecule has 0 aliphatic carbocycles. The van der Waals surface area contributed by atoms with Crippen LogP contribution in [0.1, 0.15) is 71.6 Å². The molecule has 18 heavy (non-hydrogen) atoms. The molecule has 110 valence electrons. The normalized spacial score (nSPS) is 13.7. The SMILES string of the molecule is CCCCCCC(CCCC)CCOS(=O)(=O)[O-]. The fraction of sp³-hybridized carbons (Fsp3) is 1.00. The molecule has 0 aromatic rings. The highest BCUT2D eigenvalue weighted by Crippen LogP contribution is 2.20. The maximum absolute atomic E-state index is 10.3. The van der Waals surface area contributed by atoms with Gasteiger partial charge in [-0.3, -0.25) is 4.18 Å². The molecule has 1 unspecified atom stereocenters. The summed E-state index contributed by atoms with van der Waals surface area (Å²) in [6, 6.07) is 0. The summed E-state index contributed by atoms with van der Waals surface area (Å²) < 4.78 is 35.3. The topological polar surface area (TPSA) is 66.4 Å². The first-order chi connectivity index (χ1) is 8.49. The lowest BCUT2D eigenvalue weighted by Crippen LogP contribution is -2.10. The van der Waals surface area contributed by atoms with Gasteiger partial charge in [-0.05, 0) is 12.3 Å². The van der Waals surface area contributed by atoms with Crippen LogP contribution >= 0.6 is 0 Å². The number of unbranched alkanes of at least 4 members (excludes halogenated alkanes) is 4. The third kappa shape index (κ3) is 12.3. The third-order valence-electron chi connectivity index (χ3n) is 3.19. The molecule has 0 radical (unpaired) electrons. The maximum atomic E-state index is 10.3. The molecule has 0 aromatic carbocycles. The predicted molar refractivity (Wildman–Crippen MR) is 72.0 cm³/mol. The van der Waals surface area contributed by atoms with Crippen molar-refractivity contribution >= 4 is 10.4 Å². The van der Waals surface area contributed by atoms with Crippen LogP contribution in [0, 0.1) is 5.92 Å². The first kappa shape index (κ1) is 17.9. The van der Waals surface area contributed by atoms with Gasteiger partial charge in [0.25, 0.3) is 0 Å². The van der Waals surface area contributed by atoms with E-state index in [1.165, 1.54) is 25.7 Å². The Balaban J connectivity index is 3.83. The molecule has 5 heteroatoms. The number of hydrogen-bond acceptors (Lipinski definition) is 4. The molecule has 0 fully saturated rings. The van der Waals surface area contributed by atoms with Gasteiger partial charge in [0.2, 0.25) is 10.4 Å². The van der Waals surface area contributed by atoms with Crippen molar-refractivity contribution in [2.45, 2.75) is 71.6 Å². The Kier molecular flexibility index (Phi) is 10.7. The van der Waals surface area contributed by atoms with Gasteiger partial charge in [-0.15, -0.1) is 0 Å². The van der Waals surface area contributed by atoms with E-state index in [2.05, 4.69) is 18.0 Å². The summed E-state index contributed by atoms with van der Waals surface area (Å²) in [5.41, 5.74) is 0. The summed E-state index contributed by atoms with van der Waals surface area (Å²) in [6.45, 7) is 4.36. The molecule has 1 atom stereocenters. The minimum absolute atomic E-state index is 0.0357. The van der Waals surface area contributed by atoms with E-state index in [4.69, 9.17) is 0 Å². The van der Waals surface area contributed by atoms with Crippen LogP contribution in [0.3, 0.4) is 0 Å². The van der Waals surface area contributed by atoms with Crippen molar-refractivity contribution in [2.24, 2.45) is 5.92 Å². The van der Waals surface area contributed by atoms with Crippen molar-refractivity contribution in [3.8, 4) is 0 Å². The highest BCUT2D eigenvalue weighted by molar-refractivity contribution is 7.80. The molecule has 0 aromatic heterocycles. The molecule has 0 saturated heterocycles. The molecule has 4 nitrogen and oxygen atoms in total. The van der Waals surface area contributed by atoms with Crippen molar-refractivity contribution in [2.75, 3.05) is 6.61 Å². The summed E-state index contributed by atoms with van der Waals surface area (Å²) in [6.07, 6.45) is 10.1. The van der Waals surface area contributed by atoms with Crippen LogP contribution in [0.5, 0.6) is 0 Å². The van der Waals surface area contributed by atoms with E-state index in [9.17, 15) is 13.0 Å². The van der Waals surface area contributed by atoms with Crippen molar-refractivity contribution in [1.29, 1.82) is 0 Å². The second-order valence-electron chi connectivity index (χ2n) is 4.88. The first-order valence-corrected chi connectivity index (χ1v) is 8.43. The second-order valence-corrected chi connectivity index (χ2v) is 5.93. The maximum Gasteiger partial charge on any atom is 0.217 e. The lowest BCUT2D eigenvalue weighted by Gasteiger charge is -2.17. The molecule has 0 saturated carbocycles. The second kappa shape index (κ2) is 10.8. The molecular weight excluding hydrogens is 252 g/mol. The fourth-order valence-corrected chi connectivity index (χ4v) is 2.40. The Bertz CT molecular complexity index is 275. The molecule has 0 heterocycles. The van der Waals surface area contributed by atoms with Crippen LogP contribution in [0.2, 0.25) is 0 Å². The summed E-state index contributed by atoms with van der Waals surface area (Å²) in [7, 11) is -4.52. The van der Waals surface area contributed by atoms with Crippen LogP contribution in [0.15, 0.2) is 0 Å². The summed E-state index contributed by atoms with van der Waals surface area (Å²) >= 11 is 0. The van der Waals surface area contributed by atoms with Gasteiger partial charge < -0.3 is 4.55 Å². The monoisotopic (exact) mass is 279 g/mol. The third-order valence-corrected chi connectivity index (χ3v) is 3.64. The zero-order valence-electron chi connectivity index (χ0n) is 11.7. The van der Waals surface area contributed by atoms with Gasteiger partial charge in [0.1, 0.15) is 0 Å². The van der Waals surface area contributed by atoms with Crippen LogP contribution in [-0.2, 0) is 14.6 Å². The number of hydrogen-bond donors (Lipinski definition) is 0. The van der Waals surface area contributed by atoms with Crippen molar-refractivity contribution in [1.82, 2.24) is 0 Å². The quantitative estimate of drug-likeness (QED) is 0.311. The van der Waals surface area contributed by atoms with Crippen LogP contribution < -0.4 is 0 Å². The van der Waals surface area contributed by atoms with Gasteiger partial charge >= 0.3 is 0 Å². The van der Waals surface area contributed by atoms with Crippen LogP contribution in [0.4, 0.5) is 0 Å². The van der Waals surface area contributed by atoms with Crippen molar-refractivity contribution in [3.63, 3.8) is 0 Å². The lowest BCUT2D eigenvalue weighted by molar-refractivity contribution is 0.230. The van der Waals surface area contributed by atoms with E-state index >= 15 is 0 Å². The van der Waals surface area contributed by atoms with Gasteiger partial charge in [0, 0.05) is 0 Å². The van der Waals surface area contributed by atoms with E-state index in [1.807, 2.05) is 0 Å². The van der Waals surface area contributed by atoms with E-state index in [-0.39, 0.29) is 6.61 Å². The van der Waals surface area contributed by atoms with Crippen LogP contribution in [-0.4, -0.2) is 19.6 Å². The molecular formula is C13H27O4S-. The molecule has 0 aliphatic rings. The Morgan fingerprint density at radius 1 is 0.944 bits per heavy atom. The largest absolute Gasteiger partial charge is 0.726 e. The molecule has 0 aliphatic heterocycles. The van der Waals surface area contributed by atoms with Gasteiger partial charge in [-0.1, -0.05) is 65.2 Å². The zero-order chi connectivity index (χ0) is 13.9. The van der Waals surface area contributed by atoms with Gasteiger partial charge in [-0.2, -0.15) is 0 Å². The highest BCUT2D eigenvalue weighted by atomic mass is 32.3. The van der Waals surface area contributed by atoms with E-state index in [0.29, 0.717) is 12.3 Å². The number of rotatable bonds is 12. The first-order valence-electron chi connectivity index (χ1n) is 7.09. The molecule has 0 rings (SSSR count). The van der Waals surface area contributed by atoms with Gasteiger partial charge in [0.05, 0.1) is 6.61 Å². The van der Waals surface area contributed by atoms with E-state index in [1.54, 1.807) is 0 Å². The predicted octanol–water partition coefficient (Wildman–Crippen LogP) is 3.63.